The maximum Gasteiger partial charge on any atom is 0.323 e. The van der Waals surface area contributed by atoms with Gasteiger partial charge in [-0.1, -0.05) is 68.2 Å². The second-order valence-corrected chi connectivity index (χ2v) is 14.3. The van der Waals surface area contributed by atoms with Crippen LogP contribution < -0.4 is 36.5 Å². The number of hydrogen-bond acceptors (Lipinski definition) is 11. The molecule has 1 heterocycles. The van der Waals surface area contributed by atoms with Crippen molar-refractivity contribution in [2.24, 2.45) is 5.73 Å². The molecule has 0 aliphatic carbocycles. The summed E-state index contributed by atoms with van der Waals surface area (Å²) in [6.07, 6.45) is -0.0465. The summed E-state index contributed by atoms with van der Waals surface area (Å²) in [5, 5.41) is 11.5. The quantitative estimate of drug-likeness (QED) is 0.0456. The van der Waals surface area contributed by atoms with Gasteiger partial charge in [0.2, 0.25) is 5.91 Å². The van der Waals surface area contributed by atoms with E-state index in [9.17, 15) is 14.4 Å². The fourth-order valence-corrected chi connectivity index (χ4v) is 5.67. The molecule has 2 atom stereocenters. The van der Waals surface area contributed by atoms with Crippen LogP contribution in [0.3, 0.4) is 0 Å². The number of nitrogens with zero attached hydrogens (tertiary/aromatic N) is 1. The highest BCUT2D eigenvalue weighted by atomic mass is 35.5. The maximum atomic E-state index is 13.2. The second-order valence-electron chi connectivity index (χ2n) is 13.5. The van der Waals surface area contributed by atoms with E-state index in [0.717, 1.165) is 5.56 Å². The zero-order chi connectivity index (χ0) is 41.5. The fraction of sp³-hybridized carbons (Fsp3) is 0.350. The predicted molar refractivity (Wildman–Crippen MR) is 219 cm³/mol. The van der Waals surface area contributed by atoms with Crippen molar-refractivity contribution in [3.8, 4) is 17.2 Å². The van der Waals surface area contributed by atoms with Gasteiger partial charge >= 0.3 is 6.03 Å². The molecular formula is C40H48Cl2N6O9. The van der Waals surface area contributed by atoms with Crippen molar-refractivity contribution in [2.45, 2.75) is 45.1 Å². The lowest BCUT2D eigenvalue weighted by atomic mass is 9.85. The molecule has 17 heteroatoms. The number of halogens is 2. The number of primary amides is 1. The number of carbonyl (C=O) groups excluding carboxylic acids is 3. The average molecular weight is 828 g/mol. The molecule has 306 valence electrons. The van der Waals surface area contributed by atoms with Gasteiger partial charge in [0.15, 0.2) is 12.5 Å². The second kappa shape index (κ2) is 21.4. The van der Waals surface area contributed by atoms with Crippen LogP contribution in [0.15, 0.2) is 72.9 Å². The van der Waals surface area contributed by atoms with Crippen molar-refractivity contribution < 1.29 is 42.8 Å². The molecule has 0 aliphatic rings. The van der Waals surface area contributed by atoms with Crippen LogP contribution in [0, 0.1) is 0 Å². The van der Waals surface area contributed by atoms with Crippen LogP contribution in [0.2, 0.25) is 10.0 Å². The number of rotatable bonds is 20. The zero-order valence-corrected chi connectivity index (χ0v) is 34.1. The molecule has 4 rings (SSSR count). The third kappa shape index (κ3) is 13.5. The SMILES string of the molecule is COCCOCC(Nc1cc(Oc2ccc(NC(=O)Nc3cc(C(C)(C)C)cc(CC(N)=O)c3OC)c(Cl)c2Cl)ccn1)OCC(NC(=O)c1ccccc1)OC. The number of amides is 4. The van der Waals surface area contributed by atoms with Gasteiger partial charge in [-0.25, -0.2) is 9.78 Å². The van der Waals surface area contributed by atoms with E-state index in [0.29, 0.717) is 47.3 Å². The van der Waals surface area contributed by atoms with E-state index in [1.165, 1.54) is 26.5 Å². The van der Waals surface area contributed by atoms with Gasteiger partial charge in [0.25, 0.3) is 5.91 Å². The Hall–Kier alpha value is -5.16. The summed E-state index contributed by atoms with van der Waals surface area (Å²) < 4.78 is 33.9. The first-order chi connectivity index (χ1) is 27.2. The average Bonchev–Trinajstić information content (AvgIpc) is 3.17. The van der Waals surface area contributed by atoms with Gasteiger partial charge in [0.1, 0.15) is 28.1 Å². The molecule has 15 nitrogen and oxygen atoms in total. The summed E-state index contributed by atoms with van der Waals surface area (Å²) >= 11 is 13.3. The number of nitrogens with two attached hydrogens (primary N) is 1. The first kappa shape index (κ1) is 44.6. The third-order valence-electron chi connectivity index (χ3n) is 8.17. The van der Waals surface area contributed by atoms with E-state index >= 15 is 0 Å². The number of nitrogens with one attached hydrogen (secondary N) is 4. The summed E-state index contributed by atoms with van der Waals surface area (Å²) in [7, 11) is 4.47. The lowest BCUT2D eigenvalue weighted by Crippen LogP contribution is -2.42. The van der Waals surface area contributed by atoms with Gasteiger partial charge < -0.3 is 55.4 Å². The Balaban J connectivity index is 1.44. The van der Waals surface area contributed by atoms with Crippen LogP contribution in [0.25, 0.3) is 0 Å². The topological polar surface area (TPSA) is 194 Å². The van der Waals surface area contributed by atoms with Gasteiger partial charge in [0, 0.05) is 37.6 Å². The van der Waals surface area contributed by atoms with Crippen LogP contribution in [0.5, 0.6) is 17.2 Å². The number of pyridine rings is 1. The molecule has 0 saturated carbocycles. The molecule has 0 aliphatic heterocycles. The number of anilines is 3. The maximum absolute atomic E-state index is 13.2. The molecule has 57 heavy (non-hydrogen) atoms. The standard InChI is InChI=1S/C40H48Cl2N6O9/c1-40(2,3)26-18-25(19-31(43)49)37(54-6)29(20-26)46-39(51)45-28-12-13-30(36(42)35(28)41)57-27-14-15-44-32(21-27)47-34(22-55-17-16-52-4)56-23-33(53-5)48-38(50)24-10-8-7-9-11-24/h7-15,18,20-21,33-34H,16-17,19,22-23H2,1-6H3,(H2,43,49)(H,44,47)(H,48,50)(H2,45,46,51). The molecule has 0 bridgehead atoms. The molecule has 0 spiro atoms. The third-order valence-corrected chi connectivity index (χ3v) is 9.04. The number of benzene rings is 3. The van der Waals surface area contributed by atoms with E-state index in [1.54, 1.807) is 55.6 Å². The van der Waals surface area contributed by atoms with E-state index in [1.807, 2.05) is 32.9 Å². The predicted octanol–water partition coefficient (Wildman–Crippen LogP) is 6.98. The van der Waals surface area contributed by atoms with Gasteiger partial charge in [0.05, 0.1) is 56.4 Å². The van der Waals surface area contributed by atoms with Gasteiger partial charge in [-0.2, -0.15) is 0 Å². The molecule has 4 aromatic rings. The molecule has 6 N–H and O–H groups in total. The minimum absolute atomic E-state index is 0.0176. The Bertz CT molecular complexity index is 1980. The summed E-state index contributed by atoms with van der Waals surface area (Å²) in [5.41, 5.74) is 7.59. The van der Waals surface area contributed by atoms with Crippen molar-refractivity contribution in [2.75, 3.05) is 63.7 Å². The van der Waals surface area contributed by atoms with Crippen molar-refractivity contribution in [3.05, 3.63) is 99.7 Å². The molecule has 1 aromatic heterocycles. The molecule has 0 radical (unpaired) electrons. The van der Waals surface area contributed by atoms with Crippen LogP contribution in [-0.2, 0) is 35.6 Å². The zero-order valence-electron chi connectivity index (χ0n) is 32.6. The molecule has 2 unspecified atom stereocenters. The first-order valence-electron chi connectivity index (χ1n) is 17.8. The molecular weight excluding hydrogens is 779 g/mol. The van der Waals surface area contributed by atoms with Crippen LogP contribution in [0.1, 0.15) is 42.3 Å². The molecule has 0 saturated heterocycles. The van der Waals surface area contributed by atoms with E-state index in [-0.39, 0.29) is 52.4 Å². The van der Waals surface area contributed by atoms with Gasteiger partial charge in [-0.3, -0.25) is 9.59 Å². The Morgan fingerprint density at radius 1 is 0.860 bits per heavy atom. The highest BCUT2D eigenvalue weighted by Crippen LogP contribution is 2.40. The normalized spacial score (nSPS) is 12.3. The minimum Gasteiger partial charge on any atom is -0.494 e. The smallest absolute Gasteiger partial charge is 0.323 e. The number of urea groups is 1. The number of methoxy groups -OCH3 is 3. The Morgan fingerprint density at radius 2 is 1.60 bits per heavy atom. The van der Waals surface area contributed by atoms with Crippen molar-refractivity contribution in [1.29, 1.82) is 0 Å². The molecule has 3 aromatic carbocycles. The van der Waals surface area contributed by atoms with E-state index in [4.69, 9.17) is 57.4 Å². The van der Waals surface area contributed by atoms with E-state index in [2.05, 4.69) is 26.3 Å². The largest absolute Gasteiger partial charge is 0.494 e. The monoisotopic (exact) mass is 826 g/mol. The Morgan fingerprint density at radius 3 is 2.26 bits per heavy atom. The highest BCUT2D eigenvalue weighted by molar-refractivity contribution is 6.45. The van der Waals surface area contributed by atoms with Crippen molar-refractivity contribution in [3.63, 3.8) is 0 Å². The lowest BCUT2D eigenvalue weighted by molar-refractivity contribution is -0.117. The van der Waals surface area contributed by atoms with Gasteiger partial charge in [-0.05, 0) is 47.4 Å². The Labute approximate surface area is 341 Å². The summed E-state index contributed by atoms with van der Waals surface area (Å²) in [4.78, 5) is 42.1. The number of carbonyl (C=O) groups is 3. The number of aromatic nitrogens is 1. The van der Waals surface area contributed by atoms with Crippen molar-refractivity contribution >= 4 is 58.2 Å². The minimum atomic E-state index is -0.761. The van der Waals surface area contributed by atoms with Crippen molar-refractivity contribution in [1.82, 2.24) is 10.3 Å². The van der Waals surface area contributed by atoms with Crippen LogP contribution >= 0.6 is 23.2 Å². The van der Waals surface area contributed by atoms with E-state index < -0.39 is 24.4 Å². The number of hydrogen-bond donors (Lipinski definition) is 5. The Kier molecular flexibility index (Phi) is 16.7. The fourth-order valence-electron chi connectivity index (χ4n) is 5.26. The summed E-state index contributed by atoms with van der Waals surface area (Å²) in [6, 6.07) is 18.0. The van der Waals surface area contributed by atoms with Crippen LogP contribution in [-0.4, -0.2) is 83.0 Å². The lowest BCUT2D eigenvalue weighted by Gasteiger charge is -2.24. The summed E-state index contributed by atoms with van der Waals surface area (Å²) in [5.74, 6) is 0.372. The molecule has 4 amide bonds. The summed E-state index contributed by atoms with van der Waals surface area (Å²) in [6.45, 7) is 6.79. The molecule has 0 fully saturated rings. The van der Waals surface area contributed by atoms with Crippen LogP contribution in [0.4, 0.5) is 22.0 Å². The number of ether oxygens (including phenoxy) is 6. The first-order valence-corrected chi connectivity index (χ1v) is 18.5. The highest BCUT2D eigenvalue weighted by Gasteiger charge is 2.23. The van der Waals surface area contributed by atoms with Gasteiger partial charge in [-0.15, -0.1) is 0 Å².